The lowest BCUT2D eigenvalue weighted by atomic mass is 9.92. The summed E-state index contributed by atoms with van der Waals surface area (Å²) in [5.74, 6) is 0.333. The fourth-order valence-corrected chi connectivity index (χ4v) is 2.88. The topological polar surface area (TPSA) is 35.6 Å². The quantitative estimate of drug-likeness (QED) is 0.795. The molecule has 0 radical (unpaired) electrons. The molecule has 2 aliphatic rings. The molecular formula is C14H27N3O. The number of nitrogens with one attached hydrogen (secondary N) is 1. The number of rotatable bonds is 2. The third-order valence-corrected chi connectivity index (χ3v) is 3.87. The predicted molar refractivity (Wildman–Crippen MR) is 73.5 cm³/mol. The molecule has 4 nitrogen and oxygen atoms in total. The van der Waals surface area contributed by atoms with Crippen molar-refractivity contribution in [3.05, 3.63) is 0 Å². The zero-order chi connectivity index (χ0) is 13.2. The number of piperazine rings is 1. The molecule has 0 aromatic heterocycles. The predicted octanol–water partition coefficient (Wildman–Crippen LogP) is 0.929. The third kappa shape index (κ3) is 3.69. The van der Waals surface area contributed by atoms with E-state index in [0.29, 0.717) is 18.4 Å². The fourth-order valence-electron chi connectivity index (χ4n) is 2.88. The monoisotopic (exact) mass is 253 g/mol. The van der Waals surface area contributed by atoms with E-state index in [2.05, 4.69) is 35.9 Å². The Hall–Kier alpha value is -0.610. The number of hydrogen-bond donors (Lipinski definition) is 1. The van der Waals surface area contributed by atoms with Crippen LogP contribution in [-0.4, -0.2) is 61.0 Å². The number of amides is 1. The van der Waals surface area contributed by atoms with Gasteiger partial charge in [-0.3, -0.25) is 9.69 Å². The molecule has 1 atom stereocenters. The Morgan fingerprint density at radius 1 is 1.22 bits per heavy atom. The molecular weight excluding hydrogens is 226 g/mol. The van der Waals surface area contributed by atoms with Crippen molar-refractivity contribution >= 4 is 5.91 Å². The second-order valence-electron chi connectivity index (χ2n) is 6.81. The van der Waals surface area contributed by atoms with Crippen molar-refractivity contribution in [3.8, 4) is 0 Å². The normalized spacial score (nSPS) is 26.6. The van der Waals surface area contributed by atoms with Gasteiger partial charge in [0.1, 0.15) is 0 Å². The van der Waals surface area contributed by atoms with Crippen LogP contribution in [0.4, 0.5) is 0 Å². The fraction of sp³-hybridized carbons (Fsp3) is 0.929. The maximum Gasteiger partial charge on any atom is 0.223 e. The minimum Gasteiger partial charge on any atom is -0.341 e. The van der Waals surface area contributed by atoms with E-state index in [0.717, 1.165) is 45.7 Å². The molecule has 0 aromatic rings. The first-order valence-corrected chi connectivity index (χ1v) is 7.18. The molecule has 4 heteroatoms. The van der Waals surface area contributed by atoms with Crippen LogP contribution < -0.4 is 5.32 Å². The van der Waals surface area contributed by atoms with Crippen LogP contribution in [-0.2, 0) is 4.79 Å². The Morgan fingerprint density at radius 2 is 1.89 bits per heavy atom. The summed E-state index contributed by atoms with van der Waals surface area (Å²) in [4.78, 5) is 16.8. The van der Waals surface area contributed by atoms with Crippen molar-refractivity contribution in [3.63, 3.8) is 0 Å². The first-order valence-electron chi connectivity index (χ1n) is 7.18. The minimum atomic E-state index is 0.101. The van der Waals surface area contributed by atoms with Crippen molar-refractivity contribution in [2.45, 2.75) is 39.7 Å². The molecule has 2 saturated heterocycles. The van der Waals surface area contributed by atoms with Gasteiger partial charge in [0.25, 0.3) is 0 Å². The molecule has 18 heavy (non-hydrogen) atoms. The van der Waals surface area contributed by atoms with Gasteiger partial charge in [-0.25, -0.2) is 0 Å². The van der Waals surface area contributed by atoms with Gasteiger partial charge in [-0.1, -0.05) is 20.8 Å². The van der Waals surface area contributed by atoms with Gasteiger partial charge in [0.15, 0.2) is 0 Å². The van der Waals surface area contributed by atoms with E-state index in [1.54, 1.807) is 0 Å². The van der Waals surface area contributed by atoms with Gasteiger partial charge >= 0.3 is 0 Å². The summed E-state index contributed by atoms with van der Waals surface area (Å²) in [6.45, 7) is 12.7. The highest BCUT2D eigenvalue weighted by Crippen LogP contribution is 2.23. The molecule has 0 saturated carbocycles. The number of carbonyl (C=O) groups excluding carboxylic acids is 1. The van der Waals surface area contributed by atoms with E-state index in [1.165, 1.54) is 0 Å². The molecule has 1 unspecified atom stereocenters. The van der Waals surface area contributed by atoms with Crippen molar-refractivity contribution in [1.29, 1.82) is 0 Å². The van der Waals surface area contributed by atoms with Gasteiger partial charge in [0, 0.05) is 51.7 Å². The molecule has 0 aromatic carbocycles. The lowest BCUT2D eigenvalue weighted by Gasteiger charge is -2.32. The molecule has 2 rings (SSSR count). The average molecular weight is 253 g/mol. The number of nitrogens with zero attached hydrogens (tertiary/aromatic N) is 2. The Bertz CT molecular complexity index is 292. The SMILES string of the molecule is CC(C)(C)CC(=O)N1CCC(N2CCNCC2)C1. The van der Waals surface area contributed by atoms with Gasteiger partial charge in [-0.05, 0) is 11.8 Å². The lowest BCUT2D eigenvalue weighted by molar-refractivity contribution is -0.132. The highest BCUT2D eigenvalue weighted by atomic mass is 16.2. The van der Waals surface area contributed by atoms with Crippen LogP contribution in [0.15, 0.2) is 0 Å². The molecule has 0 spiro atoms. The maximum atomic E-state index is 12.2. The molecule has 2 aliphatic heterocycles. The largest absolute Gasteiger partial charge is 0.341 e. The van der Waals surface area contributed by atoms with Crippen molar-refractivity contribution < 1.29 is 4.79 Å². The first kappa shape index (κ1) is 13.8. The van der Waals surface area contributed by atoms with Crippen LogP contribution in [0, 0.1) is 5.41 Å². The smallest absolute Gasteiger partial charge is 0.223 e. The van der Waals surface area contributed by atoms with Gasteiger partial charge in [-0.2, -0.15) is 0 Å². The highest BCUT2D eigenvalue weighted by Gasteiger charge is 2.32. The molecule has 2 heterocycles. The van der Waals surface area contributed by atoms with Gasteiger partial charge in [0.05, 0.1) is 0 Å². The second-order valence-corrected chi connectivity index (χ2v) is 6.81. The zero-order valence-corrected chi connectivity index (χ0v) is 12.0. The first-order chi connectivity index (χ1) is 8.46. The Balaban J connectivity index is 1.82. The maximum absolute atomic E-state index is 12.2. The molecule has 1 amide bonds. The average Bonchev–Trinajstić information content (AvgIpc) is 2.77. The highest BCUT2D eigenvalue weighted by molar-refractivity contribution is 5.77. The van der Waals surface area contributed by atoms with E-state index >= 15 is 0 Å². The Kier molecular flexibility index (Phi) is 4.28. The molecule has 0 bridgehead atoms. The summed E-state index contributed by atoms with van der Waals surface area (Å²) < 4.78 is 0. The zero-order valence-electron chi connectivity index (χ0n) is 12.0. The molecule has 2 fully saturated rings. The van der Waals surface area contributed by atoms with Crippen molar-refractivity contribution in [2.24, 2.45) is 5.41 Å². The van der Waals surface area contributed by atoms with E-state index in [-0.39, 0.29) is 5.41 Å². The van der Waals surface area contributed by atoms with Crippen LogP contribution in [0.25, 0.3) is 0 Å². The van der Waals surface area contributed by atoms with E-state index in [4.69, 9.17) is 0 Å². The third-order valence-electron chi connectivity index (χ3n) is 3.87. The van der Waals surface area contributed by atoms with Gasteiger partial charge in [0.2, 0.25) is 5.91 Å². The van der Waals surface area contributed by atoms with Crippen LogP contribution >= 0.6 is 0 Å². The lowest BCUT2D eigenvalue weighted by Crippen LogP contribution is -2.49. The Morgan fingerprint density at radius 3 is 2.50 bits per heavy atom. The number of likely N-dealkylation sites (tertiary alicyclic amines) is 1. The van der Waals surface area contributed by atoms with E-state index in [9.17, 15) is 4.79 Å². The molecule has 1 N–H and O–H groups in total. The van der Waals surface area contributed by atoms with Gasteiger partial charge in [-0.15, -0.1) is 0 Å². The minimum absolute atomic E-state index is 0.101. The van der Waals surface area contributed by atoms with E-state index in [1.807, 2.05) is 0 Å². The van der Waals surface area contributed by atoms with Crippen LogP contribution in [0.2, 0.25) is 0 Å². The molecule has 0 aliphatic carbocycles. The van der Waals surface area contributed by atoms with Crippen LogP contribution in [0.1, 0.15) is 33.6 Å². The Labute approximate surface area is 111 Å². The number of hydrogen-bond acceptors (Lipinski definition) is 3. The van der Waals surface area contributed by atoms with Crippen molar-refractivity contribution in [2.75, 3.05) is 39.3 Å². The van der Waals surface area contributed by atoms with E-state index < -0.39 is 0 Å². The standard InChI is InChI=1S/C14H27N3O/c1-14(2,3)10-13(18)17-7-4-12(11-17)16-8-5-15-6-9-16/h12,15H,4-11H2,1-3H3. The van der Waals surface area contributed by atoms with Crippen LogP contribution in [0.5, 0.6) is 0 Å². The molecule has 104 valence electrons. The summed E-state index contributed by atoms with van der Waals surface area (Å²) in [6, 6.07) is 0.594. The number of carbonyl (C=O) groups is 1. The second kappa shape index (κ2) is 5.57. The summed E-state index contributed by atoms with van der Waals surface area (Å²) in [7, 11) is 0. The summed E-state index contributed by atoms with van der Waals surface area (Å²) >= 11 is 0. The van der Waals surface area contributed by atoms with Gasteiger partial charge < -0.3 is 10.2 Å². The van der Waals surface area contributed by atoms with Crippen LogP contribution in [0.3, 0.4) is 0 Å². The summed E-state index contributed by atoms with van der Waals surface area (Å²) in [6.07, 6.45) is 1.82. The summed E-state index contributed by atoms with van der Waals surface area (Å²) in [5.41, 5.74) is 0.101. The van der Waals surface area contributed by atoms with Crippen molar-refractivity contribution in [1.82, 2.24) is 15.1 Å². The summed E-state index contributed by atoms with van der Waals surface area (Å²) in [5, 5.41) is 3.38.